The molecule has 0 spiro atoms. The van der Waals surface area contributed by atoms with Gasteiger partial charge in [0.05, 0.1) is 12.8 Å². The summed E-state index contributed by atoms with van der Waals surface area (Å²) in [5, 5.41) is 7.26. The molecule has 7 nitrogen and oxygen atoms in total. The van der Waals surface area contributed by atoms with Gasteiger partial charge in [-0.15, -0.1) is 0 Å². The highest BCUT2D eigenvalue weighted by atomic mass is 16.5. The number of rotatable bonds is 11. The van der Waals surface area contributed by atoms with Gasteiger partial charge < -0.3 is 24.7 Å². The van der Waals surface area contributed by atoms with Gasteiger partial charge in [0.15, 0.2) is 5.96 Å². The number of piperidine rings is 1. The Balaban J connectivity index is 1.48. The highest BCUT2D eigenvalue weighted by Gasteiger charge is 2.23. The van der Waals surface area contributed by atoms with Crippen molar-refractivity contribution in [3.05, 3.63) is 24.2 Å². The van der Waals surface area contributed by atoms with Gasteiger partial charge in [-0.1, -0.05) is 6.92 Å². The Kier molecular flexibility index (Phi) is 9.99. The lowest BCUT2D eigenvalue weighted by atomic mass is 10.1. The summed E-state index contributed by atoms with van der Waals surface area (Å²) < 4.78 is 10.6. The molecule has 0 aromatic carbocycles. The van der Waals surface area contributed by atoms with Crippen LogP contribution in [0.2, 0.25) is 0 Å². The fourth-order valence-electron chi connectivity index (χ4n) is 4.55. The predicted molar refractivity (Wildman–Crippen MR) is 122 cm³/mol. The third-order valence-electron chi connectivity index (χ3n) is 6.36. The standard InChI is InChI=1S/C23H41N5O2/c1-3-28-14-4-7-21(28)19-25-23(24-12-9-22-8-5-18-30-22)26-20-10-15-27(16-11-20)13-6-17-29-2/h5,8,18,20-21H,3-4,6-7,9-17,19H2,1-2H3,(H2,24,25,26). The van der Waals surface area contributed by atoms with E-state index in [1.165, 1.54) is 19.4 Å². The van der Waals surface area contributed by atoms with Gasteiger partial charge >= 0.3 is 0 Å². The van der Waals surface area contributed by atoms with Crippen molar-refractivity contribution in [2.45, 2.75) is 57.5 Å². The van der Waals surface area contributed by atoms with Crippen LogP contribution >= 0.6 is 0 Å². The minimum atomic E-state index is 0.490. The second-order valence-corrected chi connectivity index (χ2v) is 8.48. The molecule has 0 aliphatic carbocycles. The molecule has 0 amide bonds. The Morgan fingerprint density at radius 1 is 1.27 bits per heavy atom. The second kappa shape index (κ2) is 13.0. The highest BCUT2D eigenvalue weighted by Crippen LogP contribution is 2.17. The lowest BCUT2D eigenvalue weighted by Gasteiger charge is -2.33. The molecule has 1 aromatic heterocycles. The molecule has 0 saturated carbocycles. The van der Waals surface area contributed by atoms with Crippen LogP contribution in [0.3, 0.4) is 0 Å². The van der Waals surface area contributed by atoms with Gasteiger partial charge in [-0.05, 0) is 57.3 Å². The van der Waals surface area contributed by atoms with Crippen molar-refractivity contribution in [1.29, 1.82) is 0 Å². The molecule has 2 aliphatic heterocycles. The van der Waals surface area contributed by atoms with E-state index in [1.807, 2.05) is 12.1 Å². The van der Waals surface area contributed by atoms with Crippen molar-refractivity contribution < 1.29 is 9.15 Å². The Morgan fingerprint density at radius 2 is 2.13 bits per heavy atom. The van der Waals surface area contributed by atoms with E-state index in [4.69, 9.17) is 14.1 Å². The van der Waals surface area contributed by atoms with Crippen LogP contribution in [0.1, 0.15) is 44.8 Å². The molecule has 2 N–H and O–H groups in total. The molecule has 30 heavy (non-hydrogen) atoms. The molecule has 170 valence electrons. The molecule has 0 radical (unpaired) electrons. The number of hydrogen-bond acceptors (Lipinski definition) is 5. The number of likely N-dealkylation sites (tertiary alicyclic amines) is 2. The summed E-state index contributed by atoms with van der Waals surface area (Å²) >= 11 is 0. The molecule has 1 unspecified atom stereocenters. The summed E-state index contributed by atoms with van der Waals surface area (Å²) in [4.78, 5) is 10.1. The van der Waals surface area contributed by atoms with Crippen molar-refractivity contribution in [1.82, 2.24) is 20.4 Å². The van der Waals surface area contributed by atoms with Crippen LogP contribution in [-0.4, -0.2) is 87.4 Å². The zero-order valence-electron chi connectivity index (χ0n) is 18.9. The summed E-state index contributed by atoms with van der Waals surface area (Å²) in [6.07, 6.45) is 8.61. The van der Waals surface area contributed by atoms with Crippen molar-refractivity contribution in [2.24, 2.45) is 4.99 Å². The molecule has 1 aromatic rings. The predicted octanol–water partition coefficient (Wildman–Crippen LogP) is 2.34. The van der Waals surface area contributed by atoms with Crippen LogP contribution in [0, 0.1) is 0 Å². The number of hydrogen-bond donors (Lipinski definition) is 2. The van der Waals surface area contributed by atoms with E-state index in [9.17, 15) is 0 Å². The van der Waals surface area contributed by atoms with Gasteiger partial charge in [-0.25, -0.2) is 0 Å². The zero-order chi connectivity index (χ0) is 21.0. The number of guanidine groups is 1. The van der Waals surface area contributed by atoms with Crippen LogP contribution in [0.4, 0.5) is 0 Å². The Labute approximate surface area is 182 Å². The largest absolute Gasteiger partial charge is 0.469 e. The maximum atomic E-state index is 5.47. The molecule has 2 fully saturated rings. The number of aliphatic imine (C=N–C) groups is 1. The van der Waals surface area contributed by atoms with Crippen molar-refractivity contribution in [3.63, 3.8) is 0 Å². The molecule has 3 rings (SSSR count). The van der Waals surface area contributed by atoms with E-state index in [0.29, 0.717) is 12.1 Å². The Bertz CT molecular complexity index is 599. The summed E-state index contributed by atoms with van der Waals surface area (Å²) in [6, 6.07) is 5.05. The molecule has 1 atom stereocenters. The lowest BCUT2D eigenvalue weighted by molar-refractivity contribution is 0.155. The average Bonchev–Trinajstić information content (AvgIpc) is 3.45. The van der Waals surface area contributed by atoms with Gasteiger partial charge in [-0.3, -0.25) is 9.89 Å². The van der Waals surface area contributed by atoms with E-state index >= 15 is 0 Å². The Morgan fingerprint density at radius 3 is 2.87 bits per heavy atom. The molecular weight excluding hydrogens is 378 g/mol. The summed E-state index contributed by atoms with van der Waals surface area (Å²) in [5.41, 5.74) is 0. The SMILES string of the molecule is CCN1CCCC1CN=C(NCCc1ccco1)NC1CCN(CCCOC)CC1. The monoisotopic (exact) mass is 419 g/mol. The van der Waals surface area contributed by atoms with Crippen LogP contribution in [0.5, 0.6) is 0 Å². The minimum absolute atomic E-state index is 0.490. The second-order valence-electron chi connectivity index (χ2n) is 8.48. The fraction of sp³-hybridized carbons (Fsp3) is 0.783. The number of nitrogens with zero attached hydrogens (tertiary/aromatic N) is 3. The molecule has 2 saturated heterocycles. The fourth-order valence-corrected chi connectivity index (χ4v) is 4.55. The first-order valence-electron chi connectivity index (χ1n) is 11.8. The lowest BCUT2D eigenvalue weighted by Crippen LogP contribution is -2.49. The van der Waals surface area contributed by atoms with E-state index in [0.717, 1.165) is 83.3 Å². The highest BCUT2D eigenvalue weighted by molar-refractivity contribution is 5.80. The maximum Gasteiger partial charge on any atom is 0.191 e. The van der Waals surface area contributed by atoms with Gasteiger partial charge in [0.25, 0.3) is 0 Å². The minimum Gasteiger partial charge on any atom is -0.469 e. The number of methoxy groups -OCH3 is 1. The summed E-state index contributed by atoms with van der Waals surface area (Å²) in [6.45, 7) is 10.6. The van der Waals surface area contributed by atoms with E-state index < -0.39 is 0 Å². The van der Waals surface area contributed by atoms with E-state index in [1.54, 1.807) is 13.4 Å². The molecule has 0 bridgehead atoms. The van der Waals surface area contributed by atoms with Crippen molar-refractivity contribution in [3.8, 4) is 0 Å². The first kappa shape index (κ1) is 23.1. The van der Waals surface area contributed by atoms with Gasteiger partial charge in [-0.2, -0.15) is 0 Å². The number of likely N-dealkylation sites (N-methyl/N-ethyl adjacent to an activating group) is 1. The summed E-state index contributed by atoms with van der Waals surface area (Å²) in [7, 11) is 1.78. The third kappa shape index (κ3) is 7.60. The average molecular weight is 420 g/mol. The first-order chi connectivity index (χ1) is 14.8. The molecule has 7 heteroatoms. The van der Waals surface area contributed by atoms with E-state index in [2.05, 4.69) is 27.4 Å². The topological polar surface area (TPSA) is 65.3 Å². The van der Waals surface area contributed by atoms with Gasteiger partial charge in [0.2, 0.25) is 0 Å². The van der Waals surface area contributed by atoms with Crippen LogP contribution in [-0.2, 0) is 11.2 Å². The van der Waals surface area contributed by atoms with Crippen LogP contribution in [0.15, 0.2) is 27.8 Å². The quantitative estimate of drug-likeness (QED) is 0.326. The van der Waals surface area contributed by atoms with Crippen molar-refractivity contribution >= 4 is 5.96 Å². The normalized spacial score (nSPS) is 21.9. The third-order valence-corrected chi connectivity index (χ3v) is 6.36. The van der Waals surface area contributed by atoms with Gasteiger partial charge in [0.1, 0.15) is 5.76 Å². The molecular formula is C23H41N5O2. The summed E-state index contributed by atoms with van der Waals surface area (Å²) in [5.74, 6) is 1.97. The molecule has 2 aliphatic rings. The van der Waals surface area contributed by atoms with Crippen LogP contribution in [0.25, 0.3) is 0 Å². The number of nitrogens with one attached hydrogen (secondary N) is 2. The Hall–Kier alpha value is -1.57. The van der Waals surface area contributed by atoms with Gasteiger partial charge in [0, 0.05) is 58.4 Å². The number of furan rings is 1. The zero-order valence-corrected chi connectivity index (χ0v) is 18.9. The van der Waals surface area contributed by atoms with Crippen LogP contribution < -0.4 is 10.6 Å². The number of ether oxygens (including phenoxy) is 1. The smallest absolute Gasteiger partial charge is 0.191 e. The van der Waals surface area contributed by atoms with Crippen molar-refractivity contribution in [2.75, 3.05) is 59.5 Å². The molecule has 3 heterocycles. The van der Waals surface area contributed by atoms with E-state index in [-0.39, 0.29) is 0 Å². The maximum absolute atomic E-state index is 5.47. The first-order valence-corrected chi connectivity index (χ1v) is 11.8.